The van der Waals surface area contributed by atoms with Crippen molar-refractivity contribution < 1.29 is 9.90 Å². The first-order valence-corrected chi connectivity index (χ1v) is 4.04. The monoisotopic (exact) mass is 167 g/mol. The molecule has 0 amide bonds. The molecule has 0 atom stereocenters. The summed E-state index contributed by atoms with van der Waals surface area (Å²) in [5.41, 5.74) is 1.34. The van der Waals surface area contributed by atoms with Crippen LogP contribution in [0, 0.1) is 0 Å². The molecule has 1 N–H and O–H groups in total. The summed E-state index contributed by atoms with van der Waals surface area (Å²) in [6, 6.07) is 1.65. The van der Waals surface area contributed by atoms with Crippen molar-refractivity contribution in [3.8, 4) is 0 Å². The molecule has 0 fully saturated rings. The van der Waals surface area contributed by atoms with E-state index in [1.807, 2.05) is 18.5 Å². The number of aryl methyl sites for hydroxylation is 1. The van der Waals surface area contributed by atoms with Crippen LogP contribution >= 0.6 is 0 Å². The van der Waals surface area contributed by atoms with Gasteiger partial charge in [-0.3, -0.25) is 0 Å². The predicted octanol–water partition coefficient (Wildman–Crippen LogP) is 1.68. The minimum atomic E-state index is -0.834. The molecule has 0 aliphatic heterocycles. The number of aromatic nitrogens is 1. The maximum absolute atomic E-state index is 10.7. The molecule has 1 aromatic heterocycles. The first-order valence-electron chi connectivity index (χ1n) is 4.04. The van der Waals surface area contributed by atoms with Gasteiger partial charge in [0.05, 0.1) is 5.56 Å². The van der Waals surface area contributed by atoms with Crippen LogP contribution in [0.4, 0.5) is 0 Å². The van der Waals surface area contributed by atoms with Crippen molar-refractivity contribution in [2.75, 3.05) is 0 Å². The molecule has 3 heteroatoms. The van der Waals surface area contributed by atoms with Crippen molar-refractivity contribution in [2.24, 2.45) is 7.05 Å². The Morgan fingerprint density at radius 2 is 2.33 bits per heavy atom. The quantitative estimate of drug-likeness (QED) is 0.744. The van der Waals surface area contributed by atoms with E-state index >= 15 is 0 Å². The third-order valence-electron chi connectivity index (χ3n) is 1.92. The van der Waals surface area contributed by atoms with Crippen molar-refractivity contribution in [2.45, 2.75) is 19.8 Å². The summed E-state index contributed by atoms with van der Waals surface area (Å²) in [5.74, 6) is -0.834. The van der Waals surface area contributed by atoms with E-state index in [-0.39, 0.29) is 0 Å². The average molecular weight is 167 g/mol. The summed E-state index contributed by atoms with van der Waals surface area (Å²) in [5, 5.41) is 8.79. The van der Waals surface area contributed by atoms with Gasteiger partial charge in [-0.15, -0.1) is 0 Å². The largest absolute Gasteiger partial charge is 0.478 e. The highest BCUT2D eigenvalue weighted by Gasteiger charge is 2.11. The average Bonchev–Trinajstić information content (AvgIpc) is 2.34. The maximum Gasteiger partial charge on any atom is 0.337 e. The van der Waals surface area contributed by atoms with Crippen LogP contribution in [0.2, 0.25) is 0 Å². The van der Waals surface area contributed by atoms with Crippen LogP contribution in [0.1, 0.15) is 29.4 Å². The minimum Gasteiger partial charge on any atom is -0.478 e. The molecule has 66 valence electrons. The van der Waals surface area contributed by atoms with Crippen LogP contribution in [-0.2, 0) is 13.5 Å². The molecule has 0 saturated heterocycles. The number of aromatic carboxylic acids is 1. The molecular weight excluding hydrogens is 154 g/mol. The molecular formula is C9H13NO2. The van der Waals surface area contributed by atoms with Crippen molar-refractivity contribution in [1.29, 1.82) is 0 Å². The topological polar surface area (TPSA) is 42.2 Å². The number of carbonyl (C=O) groups is 1. The van der Waals surface area contributed by atoms with E-state index in [4.69, 9.17) is 5.11 Å². The zero-order valence-electron chi connectivity index (χ0n) is 7.37. The van der Waals surface area contributed by atoms with Gasteiger partial charge in [-0.1, -0.05) is 13.3 Å². The second-order valence-electron chi connectivity index (χ2n) is 2.84. The Labute approximate surface area is 71.6 Å². The fourth-order valence-electron chi connectivity index (χ4n) is 1.31. The molecule has 3 nitrogen and oxygen atoms in total. The van der Waals surface area contributed by atoms with Gasteiger partial charge in [-0.05, 0) is 12.5 Å². The zero-order valence-corrected chi connectivity index (χ0v) is 7.37. The first kappa shape index (κ1) is 8.84. The second-order valence-corrected chi connectivity index (χ2v) is 2.84. The third kappa shape index (κ3) is 1.49. The Hall–Kier alpha value is -1.25. The summed E-state index contributed by atoms with van der Waals surface area (Å²) in [7, 11) is 1.87. The zero-order chi connectivity index (χ0) is 9.14. The molecule has 12 heavy (non-hydrogen) atoms. The molecule has 0 bridgehead atoms. The number of rotatable bonds is 3. The summed E-state index contributed by atoms with van der Waals surface area (Å²) in [4.78, 5) is 10.7. The van der Waals surface area contributed by atoms with Gasteiger partial charge in [0, 0.05) is 18.9 Å². The van der Waals surface area contributed by atoms with Crippen LogP contribution < -0.4 is 0 Å². The lowest BCUT2D eigenvalue weighted by molar-refractivity contribution is 0.0695. The van der Waals surface area contributed by atoms with Gasteiger partial charge < -0.3 is 9.67 Å². The lowest BCUT2D eigenvalue weighted by atomic mass is 10.1. The van der Waals surface area contributed by atoms with E-state index in [1.54, 1.807) is 12.3 Å². The van der Waals surface area contributed by atoms with E-state index in [0.29, 0.717) is 5.56 Å². The number of nitrogens with zero attached hydrogens (tertiary/aromatic N) is 1. The lowest BCUT2D eigenvalue weighted by Gasteiger charge is -2.02. The summed E-state index contributed by atoms with van der Waals surface area (Å²) >= 11 is 0. The predicted molar refractivity (Wildman–Crippen MR) is 46.4 cm³/mol. The molecule has 0 spiro atoms. The Morgan fingerprint density at radius 3 is 2.83 bits per heavy atom. The number of carboxylic acid groups (broad SMARTS) is 1. The number of hydrogen-bond donors (Lipinski definition) is 1. The number of carboxylic acids is 1. The van der Waals surface area contributed by atoms with Crippen LogP contribution in [0.5, 0.6) is 0 Å². The standard InChI is InChI=1S/C9H13NO2/c1-3-4-8-7(9(11)12)5-6-10(8)2/h5-6H,3-4H2,1-2H3,(H,11,12). The smallest absolute Gasteiger partial charge is 0.337 e. The van der Waals surface area contributed by atoms with Crippen LogP contribution in [0.15, 0.2) is 12.3 Å². The van der Waals surface area contributed by atoms with Crippen molar-refractivity contribution in [3.05, 3.63) is 23.5 Å². The Morgan fingerprint density at radius 1 is 1.67 bits per heavy atom. The van der Waals surface area contributed by atoms with Gasteiger partial charge in [0.15, 0.2) is 0 Å². The highest BCUT2D eigenvalue weighted by atomic mass is 16.4. The van der Waals surface area contributed by atoms with Crippen molar-refractivity contribution >= 4 is 5.97 Å². The molecule has 0 saturated carbocycles. The van der Waals surface area contributed by atoms with Crippen molar-refractivity contribution in [3.63, 3.8) is 0 Å². The van der Waals surface area contributed by atoms with Gasteiger partial charge in [-0.2, -0.15) is 0 Å². The summed E-state index contributed by atoms with van der Waals surface area (Å²) in [6.45, 7) is 2.04. The van der Waals surface area contributed by atoms with E-state index < -0.39 is 5.97 Å². The van der Waals surface area contributed by atoms with Gasteiger partial charge in [0.1, 0.15) is 0 Å². The van der Waals surface area contributed by atoms with Crippen LogP contribution in [0.3, 0.4) is 0 Å². The second kappa shape index (κ2) is 3.43. The molecule has 1 aromatic rings. The van der Waals surface area contributed by atoms with E-state index in [2.05, 4.69) is 0 Å². The summed E-state index contributed by atoms with van der Waals surface area (Å²) < 4.78 is 1.87. The molecule has 0 aliphatic rings. The van der Waals surface area contributed by atoms with Crippen molar-refractivity contribution in [1.82, 2.24) is 4.57 Å². The Balaban J connectivity index is 3.03. The van der Waals surface area contributed by atoms with Gasteiger partial charge >= 0.3 is 5.97 Å². The first-order chi connectivity index (χ1) is 5.66. The normalized spacial score (nSPS) is 10.2. The minimum absolute atomic E-state index is 0.430. The number of hydrogen-bond acceptors (Lipinski definition) is 1. The van der Waals surface area contributed by atoms with Gasteiger partial charge in [0.25, 0.3) is 0 Å². The van der Waals surface area contributed by atoms with E-state index in [9.17, 15) is 4.79 Å². The SMILES string of the molecule is CCCc1c(C(=O)O)ccn1C. The Bertz CT molecular complexity index is 289. The maximum atomic E-state index is 10.7. The van der Waals surface area contributed by atoms with Crippen LogP contribution in [0.25, 0.3) is 0 Å². The molecule has 1 rings (SSSR count). The molecule has 0 aliphatic carbocycles. The van der Waals surface area contributed by atoms with Crippen LogP contribution in [-0.4, -0.2) is 15.6 Å². The third-order valence-corrected chi connectivity index (χ3v) is 1.92. The molecule has 0 unspecified atom stereocenters. The molecule has 0 aromatic carbocycles. The van der Waals surface area contributed by atoms with E-state index in [1.165, 1.54) is 0 Å². The fraction of sp³-hybridized carbons (Fsp3) is 0.444. The lowest BCUT2D eigenvalue weighted by Crippen LogP contribution is -2.03. The van der Waals surface area contributed by atoms with E-state index in [0.717, 1.165) is 18.5 Å². The highest BCUT2D eigenvalue weighted by molar-refractivity contribution is 5.89. The molecule has 0 radical (unpaired) electrons. The summed E-state index contributed by atoms with van der Waals surface area (Å²) in [6.07, 6.45) is 3.58. The molecule has 1 heterocycles. The van der Waals surface area contributed by atoms with Gasteiger partial charge in [-0.25, -0.2) is 4.79 Å². The van der Waals surface area contributed by atoms with Gasteiger partial charge in [0.2, 0.25) is 0 Å². The highest BCUT2D eigenvalue weighted by Crippen LogP contribution is 2.11. The Kier molecular flexibility index (Phi) is 2.53. The fourth-order valence-corrected chi connectivity index (χ4v) is 1.31.